The molecule has 0 atom stereocenters. The van der Waals surface area contributed by atoms with E-state index in [0.29, 0.717) is 0 Å². The maximum absolute atomic E-state index is 12.7. The van der Waals surface area contributed by atoms with Crippen LogP contribution < -0.4 is 10.0 Å². The SMILES string of the molecule is C.CN(c1ccc(S(=O)(=O)O)cc1)S(=O)(=O)c1cc(Cl)c(N)cc1Cl. The molecule has 0 aromatic heterocycles. The van der Waals surface area contributed by atoms with Gasteiger partial charge < -0.3 is 5.73 Å². The highest BCUT2D eigenvalue weighted by atomic mass is 35.5. The van der Waals surface area contributed by atoms with Crippen molar-refractivity contribution in [2.24, 2.45) is 0 Å². The second-order valence-electron chi connectivity index (χ2n) is 4.75. The highest BCUT2D eigenvalue weighted by molar-refractivity contribution is 7.93. The zero-order valence-corrected chi connectivity index (χ0v) is 15.3. The minimum absolute atomic E-state index is 0. The van der Waals surface area contributed by atoms with Gasteiger partial charge in [0.25, 0.3) is 20.1 Å². The van der Waals surface area contributed by atoms with E-state index in [1.165, 1.54) is 25.2 Å². The second-order valence-corrected chi connectivity index (χ2v) is 8.92. The van der Waals surface area contributed by atoms with Crippen molar-refractivity contribution >= 4 is 54.7 Å². The molecule has 25 heavy (non-hydrogen) atoms. The Morgan fingerprint density at radius 1 is 1.00 bits per heavy atom. The first-order valence-corrected chi connectivity index (χ1v) is 9.89. The molecule has 2 rings (SSSR count). The molecule has 2 aromatic carbocycles. The number of rotatable bonds is 4. The monoisotopic (exact) mass is 426 g/mol. The van der Waals surface area contributed by atoms with Crippen LogP contribution in [-0.4, -0.2) is 28.4 Å². The highest BCUT2D eigenvalue weighted by Crippen LogP contribution is 2.33. The van der Waals surface area contributed by atoms with Gasteiger partial charge in [-0.05, 0) is 36.4 Å². The summed E-state index contributed by atoms with van der Waals surface area (Å²) in [6, 6.07) is 6.98. The van der Waals surface area contributed by atoms with Crippen molar-refractivity contribution < 1.29 is 21.4 Å². The van der Waals surface area contributed by atoms with E-state index in [9.17, 15) is 16.8 Å². The number of anilines is 2. The molecule has 0 amide bonds. The van der Waals surface area contributed by atoms with Gasteiger partial charge in [0.05, 0.1) is 26.3 Å². The summed E-state index contributed by atoms with van der Waals surface area (Å²) in [5, 5.41) is -0.0635. The Labute approximate surface area is 156 Å². The molecule has 7 nitrogen and oxygen atoms in total. The number of hydrogen-bond donors (Lipinski definition) is 2. The number of nitrogens with two attached hydrogens (primary N) is 1. The third-order valence-corrected chi connectivity index (χ3v) is 6.63. The van der Waals surface area contributed by atoms with Crippen LogP contribution in [0.3, 0.4) is 0 Å². The Hall–Kier alpha value is -1.52. The highest BCUT2D eigenvalue weighted by Gasteiger charge is 2.25. The molecule has 0 unspecified atom stereocenters. The van der Waals surface area contributed by atoms with E-state index >= 15 is 0 Å². The van der Waals surface area contributed by atoms with E-state index in [2.05, 4.69) is 0 Å². The zero-order chi connectivity index (χ0) is 18.3. The van der Waals surface area contributed by atoms with E-state index in [0.717, 1.165) is 22.5 Å². The van der Waals surface area contributed by atoms with E-state index in [1.54, 1.807) is 0 Å². The van der Waals surface area contributed by atoms with Gasteiger partial charge >= 0.3 is 0 Å². The van der Waals surface area contributed by atoms with Crippen molar-refractivity contribution in [2.75, 3.05) is 17.1 Å². The first-order valence-electron chi connectivity index (χ1n) is 6.25. The Morgan fingerprint density at radius 3 is 2.00 bits per heavy atom. The van der Waals surface area contributed by atoms with Crippen LogP contribution >= 0.6 is 23.2 Å². The van der Waals surface area contributed by atoms with Gasteiger partial charge in [-0.15, -0.1) is 0 Å². The molecule has 0 saturated heterocycles. The summed E-state index contributed by atoms with van der Waals surface area (Å²) >= 11 is 11.8. The molecule has 0 aliphatic rings. The molecule has 0 bridgehead atoms. The Balaban J connectivity index is 0.00000312. The molecule has 11 heteroatoms. The van der Waals surface area contributed by atoms with Crippen molar-refractivity contribution in [1.82, 2.24) is 0 Å². The van der Waals surface area contributed by atoms with Gasteiger partial charge in [0.1, 0.15) is 4.90 Å². The molecule has 0 heterocycles. The topological polar surface area (TPSA) is 118 Å². The Morgan fingerprint density at radius 2 is 1.52 bits per heavy atom. The van der Waals surface area contributed by atoms with Crippen LogP contribution in [0.25, 0.3) is 0 Å². The summed E-state index contributed by atoms with van der Waals surface area (Å²) in [7, 11) is -7.17. The summed E-state index contributed by atoms with van der Waals surface area (Å²) < 4.78 is 57.2. The average Bonchev–Trinajstić information content (AvgIpc) is 2.49. The smallest absolute Gasteiger partial charge is 0.294 e. The van der Waals surface area contributed by atoms with Gasteiger partial charge in [-0.25, -0.2) is 8.42 Å². The Kier molecular flexibility index (Phi) is 6.36. The maximum atomic E-state index is 12.7. The van der Waals surface area contributed by atoms with E-state index in [1.807, 2.05) is 0 Å². The number of benzene rings is 2. The largest absolute Gasteiger partial charge is 0.397 e. The molecule has 3 N–H and O–H groups in total. The standard InChI is InChI=1S/C13H12Cl2N2O5S2.CH4/c1-17(8-2-4-9(5-3-8)24(20,21)22)23(18,19)13-7-10(14)12(16)6-11(13)15;/h2-7H,16H2,1H3,(H,20,21,22);1H4. The fourth-order valence-electron chi connectivity index (χ4n) is 1.86. The van der Waals surface area contributed by atoms with E-state index in [-0.39, 0.29) is 38.6 Å². The van der Waals surface area contributed by atoms with E-state index < -0.39 is 20.1 Å². The minimum atomic E-state index is -4.37. The molecule has 0 fully saturated rings. The summed E-state index contributed by atoms with van der Waals surface area (Å²) in [6.07, 6.45) is 0. The fraction of sp³-hybridized carbons (Fsp3) is 0.143. The van der Waals surface area contributed by atoms with Crippen LogP contribution in [0.1, 0.15) is 7.43 Å². The third-order valence-electron chi connectivity index (χ3n) is 3.19. The molecule has 2 aromatic rings. The van der Waals surface area contributed by atoms with Crippen molar-refractivity contribution in [3.05, 3.63) is 46.4 Å². The molecule has 0 saturated carbocycles. The van der Waals surface area contributed by atoms with Gasteiger partial charge in [-0.3, -0.25) is 8.86 Å². The summed E-state index contributed by atoms with van der Waals surface area (Å²) in [6.45, 7) is 0. The third kappa shape index (κ3) is 4.36. The first-order chi connectivity index (χ1) is 10.9. The van der Waals surface area contributed by atoms with Crippen LogP contribution in [0.2, 0.25) is 10.0 Å². The lowest BCUT2D eigenvalue weighted by Crippen LogP contribution is -2.27. The van der Waals surface area contributed by atoms with Crippen LogP contribution in [0.4, 0.5) is 11.4 Å². The number of nitrogens with zero attached hydrogens (tertiary/aromatic N) is 1. The molecule has 0 spiro atoms. The lowest BCUT2D eigenvalue weighted by atomic mass is 10.3. The predicted molar refractivity (Wildman–Crippen MR) is 99.5 cm³/mol. The average molecular weight is 427 g/mol. The molecule has 0 aliphatic carbocycles. The van der Waals surface area contributed by atoms with Gasteiger partial charge in [0, 0.05) is 7.05 Å². The number of sulfonamides is 1. The molecule has 0 aliphatic heterocycles. The summed E-state index contributed by atoms with van der Waals surface area (Å²) in [5.74, 6) is 0. The second kappa shape index (κ2) is 7.38. The lowest BCUT2D eigenvalue weighted by molar-refractivity contribution is 0.483. The van der Waals surface area contributed by atoms with Crippen LogP contribution in [-0.2, 0) is 20.1 Å². The van der Waals surface area contributed by atoms with Crippen molar-refractivity contribution in [3.63, 3.8) is 0 Å². The van der Waals surface area contributed by atoms with Gasteiger partial charge in [0.15, 0.2) is 0 Å². The van der Waals surface area contributed by atoms with E-state index in [4.69, 9.17) is 33.5 Å². The molecular formula is C14H16Cl2N2O5S2. The van der Waals surface area contributed by atoms with Crippen molar-refractivity contribution in [3.8, 4) is 0 Å². The van der Waals surface area contributed by atoms with Gasteiger partial charge in [0.2, 0.25) is 0 Å². The first kappa shape index (κ1) is 21.5. The summed E-state index contributed by atoms with van der Waals surface area (Å²) in [4.78, 5) is -0.602. The van der Waals surface area contributed by atoms with Crippen molar-refractivity contribution in [1.29, 1.82) is 0 Å². The Bertz CT molecular complexity index is 991. The van der Waals surface area contributed by atoms with Crippen LogP contribution in [0.5, 0.6) is 0 Å². The molecule has 138 valence electrons. The predicted octanol–water partition coefficient (Wildman–Crippen LogP) is 3.28. The minimum Gasteiger partial charge on any atom is -0.397 e. The van der Waals surface area contributed by atoms with Crippen LogP contribution in [0, 0.1) is 0 Å². The molecule has 0 radical (unpaired) electrons. The zero-order valence-electron chi connectivity index (χ0n) is 12.1. The number of nitrogen functional groups attached to an aromatic ring is 1. The number of halogens is 2. The lowest BCUT2D eigenvalue weighted by Gasteiger charge is -2.20. The van der Waals surface area contributed by atoms with Crippen LogP contribution in [0.15, 0.2) is 46.2 Å². The van der Waals surface area contributed by atoms with Gasteiger partial charge in [-0.1, -0.05) is 30.6 Å². The quantitative estimate of drug-likeness (QED) is 0.571. The van der Waals surface area contributed by atoms with Crippen molar-refractivity contribution in [2.45, 2.75) is 17.2 Å². The maximum Gasteiger partial charge on any atom is 0.294 e. The normalized spacial score (nSPS) is 11.7. The number of hydrogen-bond acceptors (Lipinski definition) is 5. The molecular weight excluding hydrogens is 411 g/mol. The summed E-state index contributed by atoms with van der Waals surface area (Å²) in [5.41, 5.74) is 5.87. The fourth-order valence-corrected chi connectivity index (χ4v) is 4.30. The van der Waals surface area contributed by atoms with Gasteiger partial charge in [-0.2, -0.15) is 8.42 Å².